The second-order valence-electron chi connectivity index (χ2n) is 4.27. The molecule has 0 unspecified atom stereocenters. The van der Waals surface area contributed by atoms with Gasteiger partial charge in [-0.1, -0.05) is 19.1 Å². The minimum Gasteiger partial charge on any atom is -0.497 e. The summed E-state index contributed by atoms with van der Waals surface area (Å²) < 4.78 is 10.8. The first-order valence-corrected chi connectivity index (χ1v) is 6.59. The fourth-order valence-electron chi connectivity index (χ4n) is 1.68. The number of nitrogens with zero attached hydrogens (tertiary/aromatic N) is 2. The van der Waals surface area contributed by atoms with Crippen LogP contribution in [0.1, 0.15) is 18.2 Å². The Bertz CT molecular complexity index is 529. The standard InChI is InChI=1S/C15H19N3O2/c1-3-16-8-13-9-18-15(10-17-13)20-11-12-5-4-6-14(7-12)19-2/h4-7,9-10,16H,3,8,11H2,1-2H3. The van der Waals surface area contributed by atoms with Crippen LogP contribution in [0.3, 0.4) is 0 Å². The number of benzene rings is 1. The lowest BCUT2D eigenvalue weighted by molar-refractivity contribution is 0.291. The third-order valence-electron chi connectivity index (χ3n) is 2.76. The summed E-state index contributed by atoms with van der Waals surface area (Å²) in [4.78, 5) is 8.52. The third-order valence-corrected chi connectivity index (χ3v) is 2.76. The van der Waals surface area contributed by atoms with Crippen molar-refractivity contribution in [2.24, 2.45) is 0 Å². The van der Waals surface area contributed by atoms with Crippen molar-refractivity contribution in [3.63, 3.8) is 0 Å². The van der Waals surface area contributed by atoms with E-state index in [1.165, 1.54) is 0 Å². The molecule has 5 nitrogen and oxygen atoms in total. The molecule has 1 aromatic carbocycles. The normalized spacial score (nSPS) is 10.3. The van der Waals surface area contributed by atoms with E-state index in [4.69, 9.17) is 9.47 Å². The highest BCUT2D eigenvalue weighted by molar-refractivity contribution is 5.28. The summed E-state index contributed by atoms with van der Waals surface area (Å²) in [5.74, 6) is 1.34. The van der Waals surface area contributed by atoms with Gasteiger partial charge in [-0.15, -0.1) is 0 Å². The first-order valence-electron chi connectivity index (χ1n) is 6.59. The number of hydrogen-bond acceptors (Lipinski definition) is 5. The van der Waals surface area contributed by atoms with E-state index in [0.29, 0.717) is 12.5 Å². The van der Waals surface area contributed by atoms with Gasteiger partial charge in [-0.3, -0.25) is 4.98 Å². The van der Waals surface area contributed by atoms with Crippen molar-refractivity contribution < 1.29 is 9.47 Å². The maximum atomic E-state index is 5.60. The molecule has 0 aliphatic rings. The first-order chi connectivity index (χ1) is 9.81. The molecule has 0 aliphatic carbocycles. The summed E-state index contributed by atoms with van der Waals surface area (Å²) in [6, 6.07) is 7.75. The summed E-state index contributed by atoms with van der Waals surface area (Å²) in [5.41, 5.74) is 1.93. The Hall–Kier alpha value is -2.14. The molecule has 0 amide bonds. The Kier molecular flexibility index (Phi) is 5.32. The molecule has 0 bridgehead atoms. The molecule has 0 aliphatic heterocycles. The zero-order chi connectivity index (χ0) is 14.2. The van der Waals surface area contributed by atoms with Gasteiger partial charge in [0.15, 0.2) is 0 Å². The molecule has 0 atom stereocenters. The van der Waals surface area contributed by atoms with Crippen molar-refractivity contribution in [3.8, 4) is 11.6 Å². The second kappa shape index (κ2) is 7.45. The number of nitrogens with one attached hydrogen (secondary N) is 1. The number of aromatic nitrogens is 2. The van der Waals surface area contributed by atoms with Gasteiger partial charge in [0.05, 0.1) is 25.2 Å². The Morgan fingerprint density at radius 2 is 2.10 bits per heavy atom. The van der Waals surface area contributed by atoms with Crippen LogP contribution in [0.25, 0.3) is 0 Å². The molecule has 0 spiro atoms. The van der Waals surface area contributed by atoms with E-state index in [-0.39, 0.29) is 0 Å². The van der Waals surface area contributed by atoms with Crippen molar-refractivity contribution in [2.75, 3.05) is 13.7 Å². The first kappa shape index (κ1) is 14.3. The molecule has 1 N–H and O–H groups in total. The molecule has 0 saturated heterocycles. The van der Waals surface area contributed by atoms with Crippen LogP contribution < -0.4 is 14.8 Å². The van der Waals surface area contributed by atoms with Crippen LogP contribution in [-0.4, -0.2) is 23.6 Å². The number of ether oxygens (including phenoxy) is 2. The largest absolute Gasteiger partial charge is 0.497 e. The molecule has 0 fully saturated rings. The molecule has 2 aromatic rings. The van der Waals surface area contributed by atoms with Gasteiger partial charge >= 0.3 is 0 Å². The van der Waals surface area contributed by atoms with E-state index in [0.717, 1.165) is 30.1 Å². The molecule has 5 heteroatoms. The van der Waals surface area contributed by atoms with Crippen LogP contribution in [0.15, 0.2) is 36.7 Å². The van der Waals surface area contributed by atoms with E-state index in [1.54, 1.807) is 19.5 Å². The zero-order valence-corrected chi connectivity index (χ0v) is 11.8. The molecule has 1 aromatic heterocycles. The van der Waals surface area contributed by atoms with Gasteiger partial charge < -0.3 is 14.8 Å². The van der Waals surface area contributed by atoms with Gasteiger partial charge in [-0.05, 0) is 24.2 Å². The number of rotatable bonds is 7. The van der Waals surface area contributed by atoms with E-state index in [1.807, 2.05) is 24.3 Å². The van der Waals surface area contributed by atoms with Gasteiger partial charge in [0.2, 0.25) is 5.88 Å². The monoisotopic (exact) mass is 273 g/mol. The quantitative estimate of drug-likeness (QED) is 0.838. The fourth-order valence-corrected chi connectivity index (χ4v) is 1.68. The van der Waals surface area contributed by atoms with Crippen molar-refractivity contribution in [2.45, 2.75) is 20.1 Å². The van der Waals surface area contributed by atoms with Crippen LogP contribution in [0.5, 0.6) is 11.6 Å². The Morgan fingerprint density at radius 1 is 1.20 bits per heavy atom. The van der Waals surface area contributed by atoms with Gasteiger partial charge in [0.25, 0.3) is 0 Å². The molecule has 20 heavy (non-hydrogen) atoms. The third kappa shape index (κ3) is 4.20. The lowest BCUT2D eigenvalue weighted by Crippen LogP contribution is -2.13. The lowest BCUT2D eigenvalue weighted by Gasteiger charge is -2.07. The van der Waals surface area contributed by atoms with Crippen LogP contribution in [0.4, 0.5) is 0 Å². The van der Waals surface area contributed by atoms with Crippen molar-refractivity contribution in [1.82, 2.24) is 15.3 Å². The minimum atomic E-state index is 0.443. The van der Waals surface area contributed by atoms with Crippen LogP contribution in [0.2, 0.25) is 0 Å². The zero-order valence-electron chi connectivity index (χ0n) is 11.8. The average Bonchev–Trinajstić information content (AvgIpc) is 2.52. The Labute approximate surface area is 119 Å². The van der Waals surface area contributed by atoms with Crippen LogP contribution >= 0.6 is 0 Å². The molecular weight excluding hydrogens is 254 g/mol. The summed E-state index contributed by atoms with van der Waals surface area (Å²) in [6.07, 6.45) is 3.37. The van der Waals surface area contributed by atoms with Gasteiger partial charge in [-0.2, -0.15) is 0 Å². The summed E-state index contributed by atoms with van der Waals surface area (Å²) in [5, 5.41) is 3.20. The van der Waals surface area contributed by atoms with Crippen molar-refractivity contribution in [3.05, 3.63) is 47.9 Å². The summed E-state index contributed by atoms with van der Waals surface area (Å²) in [7, 11) is 1.65. The maximum absolute atomic E-state index is 5.60. The minimum absolute atomic E-state index is 0.443. The van der Waals surface area contributed by atoms with Gasteiger partial charge in [-0.25, -0.2) is 4.98 Å². The lowest BCUT2D eigenvalue weighted by atomic mass is 10.2. The van der Waals surface area contributed by atoms with E-state index < -0.39 is 0 Å². The Balaban J connectivity index is 1.89. The smallest absolute Gasteiger partial charge is 0.232 e. The summed E-state index contributed by atoms with van der Waals surface area (Å²) >= 11 is 0. The van der Waals surface area contributed by atoms with Gasteiger partial charge in [0, 0.05) is 6.54 Å². The second-order valence-corrected chi connectivity index (χ2v) is 4.27. The molecule has 1 heterocycles. The maximum Gasteiger partial charge on any atom is 0.232 e. The highest BCUT2D eigenvalue weighted by atomic mass is 16.5. The average molecular weight is 273 g/mol. The highest BCUT2D eigenvalue weighted by Gasteiger charge is 2.00. The van der Waals surface area contributed by atoms with Gasteiger partial charge in [0.1, 0.15) is 12.4 Å². The number of hydrogen-bond donors (Lipinski definition) is 1. The predicted molar refractivity (Wildman–Crippen MR) is 76.7 cm³/mol. The van der Waals surface area contributed by atoms with E-state index in [9.17, 15) is 0 Å². The summed E-state index contributed by atoms with van der Waals surface area (Å²) in [6.45, 7) is 4.13. The number of methoxy groups -OCH3 is 1. The van der Waals surface area contributed by atoms with Crippen molar-refractivity contribution >= 4 is 0 Å². The SMILES string of the molecule is CCNCc1cnc(OCc2cccc(OC)c2)cn1. The topological polar surface area (TPSA) is 56.3 Å². The van der Waals surface area contributed by atoms with Crippen LogP contribution in [0, 0.1) is 0 Å². The molecule has 0 saturated carbocycles. The predicted octanol–water partition coefficient (Wildman–Crippen LogP) is 2.17. The molecule has 106 valence electrons. The molecule has 0 radical (unpaired) electrons. The van der Waals surface area contributed by atoms with Crippen molar-refractivity contribution in [1.29, 1.82) is 0 Å². The highest BCUT2D eigenvalue weighted by Crippen LogP contribution is 2.14. The molecular formula is C15H19N3O2. The van der Waals surface area contributed by atoms with E-state index >= 15 is 0 Å². The Morgan fingerprint density at radius 3 is 2.80 bits per heavy atom. The van der Waals surface area contributed by atoms with E-state index in [2.05, 4.69) is 22.2 Å². The van der Waals surface area contributed by atoms with Crippen LogP contribution in [-0.2, 0) is 13.2 Å². The molecule has 2 rings (SSSR count). The fraction of sp³-hybridized carbons (Fsp3) is 0.333.